The minimum atomic E-state index is -0.733. The van der Waals surface area contributed by atoms with Crippen LogP contribution in [0.25, 0.3) is 0 Å². The molecule has 1 saturated carbocycles. The third-order valence-electron chi connectivity index (χ3n) is 4.83. The Morgan fingerprint density at radius 1 is 1.47 bits per heavy atom. The highest BCUT2D eigenvalue weighted by Crippen LogP contribution is 2.48. The van der Waals surface area contributed by atoms with Crippen molar-refractivity contribution in [2.24, 2.45) is 11.8 Å². The molecule has 0 spiro atoms. The first-order valence-electron chi connectivity index (χ1n) is 6.64. The van der Waals surface area contributed by atoms with Crippen LogP contribution < -0.4 is 0 Å². The molecule has 0 aromatic heterocycles. The van der Waals surface area contributed by atoms with Crippen LogP contribution in [-0.2, 0) is 9.53 Å². The summed E-state index contributed by atoms with van der Waals surface area (Å²) in [5, 5.41) is 9.74. The SMILES string of the molecule is COC[C@]1(CO)C(=O)[C@H]2CCN1[C@H](C1CC1)C2. The molecule has 0 amide bonds. The van der Waals surface area contributed by atoms with Crippen molar-refractivity contribution in [2.75, 3.05) is 26.9 Å². The molecule has 2 bridgehead atoms. The number of Topliss-reactive ketones (excluding diaryl/α,β-unsaturated/α-hetero) is 1. The number of piperidine rings is 3. The number of carbonyl (C=O) groups excluding carboxylic acids is 1. The van der Waals surface area contributed by atoms with Crippen molar-refractivity contribution in [2.45, 2.75) is 37.3 Å². The van der Waals surface area contributed by atoms with Gasteiger partial charge in [0, 0.05) is 25.6 Å². The zero-order chi connectivity index (χ0) is 12.0. The second-order valence-electron chi connectivity index (χ2n) is 5.81. The van der Waals surface area contributed by atoms with Gasteiger partial charge < -0.3 is 9.84 Å². The van der Waals surface area contributed by atoms with Crippen LogP contribution in [0.2, 0.25) is 0 Å². The predicted octanol–water partition coefficient (Wildman–Crippen LogP) is 0.437. The van der Waals surface area contributed by atoms with E-state index in [4.69, 9.17) is 4.74 Å². The number of hydrogen-bond acceptors (Lipinski definition) is 4. The molecule has 3 saturated heterocycles. The molecule has 4 aliphatic rings. The van der Waals surface area contributed by atoms with Gasteiger partial charge in [-0.15, -0.1) is 0 Å². The molecule has 0 aromatic rings. The molecule has 4 rings (SSSR count). The molecule has 17 heavy (non-hydrogen) atoms. The van der Waals surface area contributed by atoms with Crippen LogP contribution in [0.15, 0.2) is 0 Å². The number of aliphatic hydroxyl groups is 1. The monoisotopic (exact) mass is 239 g/mol. The van der Waals surface area contributed by atoms with E-state index in [1.54, 1.807) is 7.11 Å². The number of carbonyl (C=O) groups is 1. The normalized spacial score (nSPS) is 45.3. The lowest BCUT2D eigenvalue weighted by atomic mass is 9.70. The van der Waals surface area contributed by atoms with Crippen molar-refractivity contribution in [3.8, 4) is 0 Å². The van der Waals surface area contributed by atoms with Crippen molar-refractivity contribution in [3.05, 3.63) is 0 Å². The lowest BCUT2D eigenvalue weighted by Gasteiger charge is -2.56. The topological polar surface area (TPSA) is 49.8 Å². The van der Waals surface area contributed by atoms with Crippen molar-refractivity contribution in [3.63, 3.8) is 0 Å². The van der Waals surface area contributed by atoms with Crippen LogP contribution in [0.1, 0.15) is 25.7 Å². The first-order chi connectivity index (χ1) is 8.23. The maximum absolute atomic E-state index is 12.4. The van der Waals surface area contributed by atoms with E-state index in [2.05, 4.69) is 4.90 Å². The summed E-state index contributed by atoms with van der Waals surface area (Å²) in [5.41, 5.74) is -0.733. The largest absolute Gasteiger partial charge is 0.394 e. The van der Waals surface area contributed by atoms with Gasteiger partial charge in [0.25, 0.3) is 0 Å². The van der Waals surface area contributed by atoms with Gasteiger partial charge in [-0.1, -0.05) is 0 Å². The highest BCUT2D eigenvalue weighted by molar-refractivity contribution is 5.92. The van der Waals surface area contributed by atoms with E-state index in [1.165, 1.54) is 12.8 Å². The molecule has 0 radical (unpaired) electrons. The van der Waals surface area contributed by atoms with Gasteiger partial charge in [0.2, 0.25) is 0 Å². The number of methoxy groups -OCH3 is 1. The molecule has 1 N–H and O–H groups in total. The molecular formula is C13H21NO3. The fourth-order valence-corrected chi connectivity index (χ4v) is 3.82. The van der Waals surface area contributed by atoms with Gasteiger partial charge in [-0.3, -0.25) is 9.69 Å². The average Bonchev–Trinajstić information content (AvgIpc) is 3.18. The second kappa shape index (κ2) is 4.04. The van der Waals surface area contributed by atoms with Gasteiger partial charge in [-0.2, -0.15) is 0 Å². The summed E-state index contributed by atoms with van der Waals surface area (Å²) in [6, 6.07) is 0.508. The minimum Gasteiger partial charge on any atom is -0.394 e. The van der Waals surface area contributed by atoms with E-state index in [0.29, 0.717) is 12.6 Å². The molecule has 1 aliphatic carbocycles. The number of aliphatic hydroxyl groups excluding tert-OH is 1. The molecule has 3 aliphatic heterocycles. The highest BCUT2D eigenvalue weighted by atomic mass is 16.5. The van der Waals surface area contributed by atoms with Crippen LogP contribution >= 0.6 is 0 Å². The number of ether oxygens (including phenoxy) is 1. The fraction of sp³-hybridized carbons (Fsp3) is 0.923. The Morgan fingerprint density at radius 3 is 2.82 bits per heavy atom. The molecule has 3 heterocycles. The van der Waals surface area contributed by atoms with E-state index < -0.39 is 5.54 Å². The number of nitrogens with zero attached hydrogens (tertiary/aromatic N) is 1. The lowest BCUT2D eigenvalue weighted by molar-refractivity contribution is -0.167. The fourth-order valence-electron chi connectivity index (χ4n) is 3.82. The minimum absolute atomic E-state index is 0.0978. The lowest BCUT2D eigenvalue weighted by Crippen LogP contribution is -2.72. The smallest absolute Gasteiger partial charge is 0.161 e. The predicted molar refractivity (Wildman–Crippen MR) is 62.6 cm³/mol. The van der Waals surface area contributed by atoms with Gasteiger partial charge >= 0.3 is 0 Å². The Labute approximate surface area is 102 Å². The van der Waals surface area contributed by atoms with Gasteiger partial charge in [0.15, 0.2) is 5.78 Å². The summed E-state index contributed by atoms with van der Waals surface area (Å²) in [6.07, 6.45) is 4.55. The molecule has 4 heteroatoms. The Bertz CT molecular complexity index is 329. The van der Waals surface area contributed by atoms with Crippen molar-refractivity contribution < 1.29 is 14.6 Å². The number of fused-ring (bicyclic) bond motifs is 3. The van der Waals surface area contributed by atoms with Crippen LogP contribution in [0.4, 0.5) is 0 Å². The number of hydrogen-bond donors (Lipinski definition) is 1. The van der Waals surface area contributed by atoms with Gasteiger partial charge in [-0.25, -0.2) is 0 Å². The Balaban J connectivity index is 1.92. The van der Waals surface area contributed by atoms with Crippen molar-refractivity contribution >= 4 is 5.78 Å². The zero-order valence-corrected chi connectivity index (χ0v) is 10.4. The Kier molecular flexibility index (Phi) is 2.76. The van der Waals surface area contributed by atoms with Crippen LogP contribution in [-0.4, -0.2) is 54.2 Å². The Hall–Kier alpha value is -0.450. The molecule has 4 nitrogen and oxygen atoms in total. The molecule has 0 aromatic carbocycles. The summed E-state index contributed by atoms with van der Waals surface area (Å²) in [5.74, 6) is 1.13. The van der Waals surface area contributed by atoms with E-state index in [9.17, 15) is 9.90 Å². The first kappa shape index (κ1) is 11.6. The summed E-state index contributed by atoms with van der Waals surface area (Å²) in [4.78, 5) is 14.7. The molecule has 4 fully saturated rings. The number of ketones is 1. The molecule has 4 atom stereocenters. The summed E-state index contributed by atoms with van der Waals surface area (Å²) >= 11 is 0. The molecular weight excluding hydrogens is 218 g/mol. The second-order valence-corrected chi connectivity index (χ2v) is 5.81. The van der Waals surface area contributed by atoms with Gasteiger partial charge in [0.1, 0.15) is 5.54 Å². The summed E-state index contributed by atoms with van der Waals surface area (Å²) < 4.78 is 5.22. The van der Waals surface area contributed by atoms with Crippen molar-refractivity contribution in [1.29, 1.82) is 0 Å². The first-order valence-corrected chi connectivity index (χ1v) is 6.64. The van der Waals surface area contributed by atoms with E-state index in [1.807, 2.05) is 0 Å². The van der Waals surface area contributed by atoms with E-state index >= 15 is 0 Å². The highest BCUT2D eigenvalue weighted by Gasteiger charge is 2.58. The summed E-state index contributed by atoms with van der Waals surface area (Å²) in [7, 11) is 1.61. The standard InChI is InChI=1S/C13H21NO3/c1-17-8-13(7-15)12(16)10-4-5-14(13)11(6-10)9-2-3-9/h9-11,15H,2-8H2,1H3/t10-,11-,13+/m0/s1. The van der Waals surface area contributed by atoms with Crippen LogP contribution in [0.5, 0.6) is 0 Å². The maximum atomic E-state index is 12.4. The third-order valence-corrected chi connectivity index (χ3v) is 4.83. The number of rotatable bonds is 4. The van der Waals surface area contributed by atoms with E-state index in [0.717, 1.165) is 25.3 Å². The van der Waals surface area contributed by atoms with Crippen molar-refractivity contribution in [1.82, 2.24) is 4.90 Å². The quantitative estimate of drug-likeness (QED) is 0.773. The third kappa shape index (κ3) is 1.58. The zero-order valence-electron chi connectivity index (χ0n) is 10.4. The van der Waals surface area contributed by atoms with E-state index in [-0.39, 0.29) is 18.3 Å². The summed E-state index contributed by atoms with van der Waals surface area (Å²) in [6.45, 7) is 1.18. The molecule has 96 valence electrons. The van der Waals surface area contributed by atoms with Crippen LogP contribution in [0.3, 0.4) is 0 Å². The van der Waals surface area contributed by atoms with Crippen LogP contribution in [0, 0.1) is 11.8 Å². The molecule has 1 unspecified atom stereocenters. The average molecular weight is 239 g/mol. The maximum Gasteiger partial charge on any atom is 0.161 e. The Morgan fingerprint density at radius 2 is 2.24 bits per heavy atom. The van der Waals surface area contributed by atoms with Gasteiger partial charge in [-0.05, 0) is 31.6 Å². The van der Waals surface area contributed by atoms with Gasteiger partial charge in [0.05, 0.1) is 13.2 Å².